The Bertz CT molecular complexity index is 807. The maximum absolute atomic E-state index is 12.5. The molecule has 0 aliphatic rings. The van der Waals surface area contributed by atoms with Gasteiger partial charge < -0.3 is 30.7 Å². The summed E-state index contributed by atoms with van der Waals surface area (Å²) < 4.78 is 5.18. The van der Waals surface area contributed by atoms with Crippen LogP contribution in [0.15, 0.2) is 30.3 Å². The van der Waals surface area contributed by atoms with Crippen LogP contribution in [0.25, 0.3) is 0 Å². The van der Waals surface area contributed by atoms with E-state index in [2.05, 4.69) is 16.0 Å². The van der Waals surface area contributed by atoms with Gasteiger partial charge in [-0.05, 0) is 32.8 Å². The molecule has 0 spiro atoms. The molecule has 0 saturated carbocycles. The van der Waals surface area contributed by atoms with Gasteiger partial charge in [-0.2, -0.15) is 0 Å². The summed E-state index contributed by atoms with van der Waals surface area (Å²) in [5.41, 5.74) is -0.133. The van der Waals surface area contributed by atoms with Crippen molar-refractivity contribution in [3.63, 3.8) is 0 Å². The average Bonchev–Trinajstić information content (AvgIpc) is 2.73. The van der Waals surface area contributed by atoms with E-state index in [1.807, 2.05) is 6.92 Å². The molecule has 0 saturated heterocycles. The van der Waals surface area contributed by atoms with Crippen molar-refractivity contribution < 1.29 is 29.0 Å². The summed E-state index contributed by atoms with van der Waals surface area (Å²) in [5.74, 6) is -1.76. The Balaban J connectivity index is 2.74. The number of alkyl carbamates (subject to hydrolysis) is 1. The Kier molecular flexibility index (Phi) is 10.8. The zero-order valence-electron chi connectivity index (χ0n) is 20.2. The minimum Gasteiger partial charge on any atom is -0.444 e. The van der Waals surface area contributed by atoms with Crippen LogP contribution < -0.4 is 16.0 Å². The molecule has 4 amide bonds. The summed E-state index contributed by atoms with van der Waals surface area (Å²) in [4.78, 5) is 50.8. The summed E-state index contributed by atoms with van der Waals surface area (Å²) in [6.45, 7) is 6.49. The van der Waals surface area contributed by atoms with Gasteiger partial charge in [0.1, 0.15) is 11.6 Å². The van der Waals surface area contributed by atoms with E-state index in [9.17, 15) is 24.3 Å². The Labute approximate surface area is 195 Å². The molecule has 0 fully saturated rings. The van der Waals surface area contributed by atoms with Crippen LogP contribution in [0.5, 0.6) is 0 Å². The lowest BCUT2D eigenvalue weighted by molar-refractivity contribution is -0.135. The maximum atomic E-state index is 12.5. The van der Waals surface area contributed by atoms with Gasteiger partial charge in [0.05, 0.1) is 12.6 Å². The third-order valence-electron chi connectivity index (χ3n) is 4.50. The van der Waals surface area contributed by atoms with Crippen molar-refractivity contribution in [1.82, 2.24) is 20.9 Å². The molecule has 3 atom stereocenters. The molecular weight excluding hydrogens is 428 g/mol. The number of nitrogens with one attached hydrogen (secondary N) is 3. The molecule has 10 nitrogen and oxygen atoms in total. The van der Waals surface area contributed by atoms with Crippen LogP contribution in [-0.4, -0.2) is 72.2 Å². The van der Waals surface area contributed by atoms with Gasteiger partial charge in [0.2, 0.25) is 11.8 Å². The fourth-order valence-corrected chi connectivity index (χ4v) is 2.94. The van der Waals surface area contributed by atoms with E-state index in [0.717, 1.165) is 0 Å². The highest BCUT2D eigenvalue weighted by molar-refractivity contribution is 5.91. The number of benzene rings is 1. The number of nitrogens with zero attached hydrogens (tertiary/aromatic N) is 1. The number of carbonyl (C=O) groups is 4. The molecule has 0 heterocycles. The van der Waals surface area contributed by atoms with Crippen molar-refractivity contribution in [2.75, 3.05) is 20.6 Å². The van der Waals surface area contributed by atoms with E-state index in [-0.39, 0.29) is 5.91 Å². The third kappa shape index (κ3) is 9.90. The quantitative estimate of drug-likeness (QED) is 0.409. The summed E-state index contributed by atoms with van der Waals surface area (Å²) in [7, 11) is 3.15. The number of hydrogen-bond acceptors (Lipinski definition) is 6. The highest BCUT2D eigenvalue weighted by atomic mass is 16.6. The molecule has 1 aromatic rings. The number of aliphatic hydroxyl groups is 1. The Hall–Kier alpha value is -3.14. The molecule has 33 heavy (non-hydrogen) atoms. The molecule has 0 radical (unpaired) electrons. The molecule has 1 aromatic carbocycles. The summed E-state index contributed by atoms with van der Waals surface area (Å²) >= 11 is 0. The van der Waals surface area contributed by atoms with Crippen LogP contribution in [0.1, 0.15) is 52.1 Å². The molecule has 3 unspecified atom stereocenters. The van der Waals surface area contributed by atoms with Gasteiger partial charge >= 0.3 is 6.09 Å². The number of aliphatic hydroxyl groups excluding tert-OH is 1. The summed E-state index contributed by atoms with van der Waals surface area (Å²) in [5, 5.41) is 17.9. The summed E-state index contributed by atoms with van der Waals surface area (Å²) in [6.07, 6.45) is -1.42. The second-order valence-electron chi connectivity index (χ2n) is 8.85. The number of likely N-dealkylation sites (N-methyl/N-ethyl adjacent to an activating group) is 1. The largest absolute Gasteiger partial charge is 0.444 e. The lowest BCUT2D eigenvalue weighted by atomic mass is 10.1. The topological polar surface area (TPSA) is 137 Å². The SMILES string of the molecule is CCCC(NC(=O)OC(C)(C)C)C(O)C(=O)NCC(=O)NC(C(=O)N(C)C)c1ccccc1. The van der Waals surface area contributed by atoms with Crippen LogP contribution in [0.3, 0.4) is 0 Å². The Morgan fingerprint density at radius 3 is 2.18 bits per heavy atom. The van der Waals surface area contributed by atoms with Crippen molar-refractivity contribution in [3.8, 4) is 0 Å². The van der Waals surface area contributed by atoms with Crippen molar-refractivity contribution in [2.45, 2.75) is 64.3 Å². The van der Waals surface area contributed by atoms with Crippen molar-refractivity contribution in [2.24, 2.45) is 0 Å². The predicted octanol–water partition coefficient (Wildman–Crippen LogP) is 1.10. The van der Waals surface area contributed by atoms with Gasteiger partial charge in [0.25, 0.3) is 5.91 Å². The minimum atomic E-state index is -1.58. The van der Waals surface area contributed by atoms with Crippen molar-refractivity contribution in [3.05, 3.63) is 35.9 Å². The molecule has 10 heteroatoms. The van der Waals surface area contributed by atoms with Crippen LogP contribution in [-0.2, 0) is 19.1 Å². The molecule has 0 aromatic heterocycles. The third-order valence-corrected chi connectivity index (χ3v) is 4.50. The fraction of sp³-hybridized carbons (Fsp3) is 0.565. The Morgan fingerprint density at radius 1 is 1.06 bits per heavy atom. The number of carbonyl (C=O) groups excluding carboxylic acids is 4. The van der Waals surface area contributed by atoms with Gasteiger partial charge in [0, 0.05) is 14.1 Å². The molecule has 184 valence electrons. The van der Waals surface area contributed by atoms with Crippen LogP contribution >= 0.6 is 0 Å². The highest BCUT2D eigenvalue weighted by Gasteiger charge is 2.30. The van der Waals surface area contributed by atoms with E-state index in [0.29, 0.717) is 18.4 Å². The first-order valence-corrected chi connectivity index (χ1v) is 10.9. The lowest BCUT2D eigenvalue weighted by Crippen LogP contribution is -2.53. The first-order valence-electron chi connectivity index (χ1n) is 10.9. The average molecular weight is 465 g/mol. The highest BCUT2D eigenvalue weighted by Crippen LogP contribution is 2.14. The number of amides is 4. The monoisotopic (exact) mass is 464 g/mol. The molecule has 4 N–H and O–H groups in total. The first-order chi connectivity index (χ1) is 15.4. The van der Waals surface area contributed by atoms with Crippen LogP contribution in [0, 0.1) is 0 Å². The van der Waals surface area contributed by atoms with Gasteiger partial charge in [0.15, 0.2) is 6.10 Å². The molecule has 1 rings (SSSR count). The van der Waals surface area contributed by atoms with E-state index in [1.54, 1.807) is 65.2 Å². The molecule has 0 bridgehead atoms. The van der Waals surface area contributed by atoms with Gasteiger partial charge in [-0.1, -0.05) is 43.7 Å². The van der Waals surface area contributed by atoms with Crippen molar-refractivity contribution in [1.29, 1.82) is 0 Å². The van der Waals surface area contributed by atoms with Gasteiger partial charge in [-0.3, -0.25) is 14.4 Å². The zero-order chi connectivity index (χ0) is 25.2. The van der Waals surface area contributed by atoms with Crippen molar-refractivity contribution >= 4 is 23.8 Å². The normalized spacial score (nSPS) is 13.8. The van der Waals surface area contributed by atoms with Crippen LogP contribution in [0.4, 0.5) is 4.79 Å². The van der Waals surface area contributed by atoms with Crippen LogP contribution in [0.2, 0.25) is 0 Å². The van der Waals surface area contributed by atoms with Gasteiger partial charge in [-0.15, -0.1) is 0 Å². The van der Waals surface area contributed by atoms with Gasteiger partial charge in [-0.25, -0.2) is 4.79 Å². The number of hydrogen-bond donors (Lipinski definition) is 4. The van der Waals surface area contributed by atoms with E-state index >= 15 is 0 Å². The lowest BCUT2D eigenvalue weighted by Gasteiger charge is -2.26. The smallest absolute Gasteiger partial charge is 0.407 e. The number of ether oxygens (including phenoxy) is 1. The zero-order valence-corrected chi connectivity index (χ0v) is 20.2. The molecule has 0 aliphatic heterocycles. The number of rotatable bonds is 10. The standard InChI is InChI=1S/C23H36N4O6/c1-7-11-16(25-22(32)33-23(2,3)4)19(29)20(30)24-14-17(28)26-18(21(31)27(5)6)15-12-9-8-10-13-15/h8-10,12-13,16,18-19,29H,7,11,14H2,1-6H3,(H,24,30)(H,25,32)(H,26,28). The minimum absolute atomic E-state index is 0.327. The second kappa shape index (κ2) is 12.8. The molecule has 0 aliphatic carbocycles. The maximum Gasteiger partial charge on any atom is 0.407 e. The van der Waals surface area contributed by atoms with E-state index in [4.69, 9.17) is 4.74 Å². The summed E-state index contributed by atoms with van der Waals surface area (Å²) in [6, 6.07) is 6.92. The first kappa shape index (κ1) is 27.9. The molecular formula is C23H36N4O6. The van der Waals surface area contributed by atoms with E-state index < -0.39 is 48.2 Å². The fourth-order valence-electron chi connectivity index (χ4n) is 2.94. The second-order valence-corrected chi connectivity index (χ2v) is 8.85. The Morgan fingerprint density at radius 2 is 1.67 bits per heavy atom. The predicted molar refractivity (Wildman–Crippen MR) is 123 cm³/mol. The van der Waals surface area contributed by atoms with E-state index in [1.165, 1.54) is 4.90 Å².